The maximum atomic E-state index is 12.8. The number of halogens is 1. The largest absolute Gasteiger partial charge is 0.463 e. The van der Waals surface area contributed by atoms with E-state index in [1.54, 1.807) is 13.2 Å². The number of aromatic nitrogens is 3. The van der Waals surface area contributed by atoms with Gasteiger partial charge in [0.05, 0.1) is 30.1 Å². The third-order valence-electron chi connectivity index (χ3n) is 6.27. The van der Waals surface area contributed by atoms with Gasteiger partial charge in [-0.05, 0) is 25.5 Å². The number of methoxy groups -OCH3 is 1. The Bertz CT molecular complexity index is 1310. The highest BCUT2D eigenvalue weighted by Gasteiger charge is 2.20. The minimum absolute atomic E-state index is 0.0711. The Balaban J connectivity index is 1.26. The number of ether oxygens (including phenoxy) is 3. The zero-order valence-corrected chi connectivity index (χ0v) is 24.9. The van der Waals surface area contributed by atoms with Gasteiger partial charge in [-0.25, -0.2) is 19.7 Å². The number of anilines is 4. The molecule has 0 bridgehead atoms. The zero-order chi connectivity index (χ0) is 29.2. The summed E-state index contributed by atoms with van der Waals surface area (Å²) in [5, 5.41) is 7.09. The van der Waals surface area contributed by atoms with Gasteiger partial charge in [-0.3, -0.25) is 9.69 Å². The average Bonchev–Trinajstić information content (AvgIpc) is 3.42. The number of nitrogens with one attached hydrogen (secondary N) is 2. The smallest absolute Gasteiger partial charge is 0.332 e. The molecule has 1 aromatic carbocycles. The Morgan fingerprint density at radius 2 is 1.90 bits per heavy atom. The van der Waals surface area contributed by atoms with Crippen LogP contribution in [0.15, 0.2) is 30.5 Å². The number of hydrogen-bond donors (Lipinski definition) is 2. The zero-order valence-electron chi connectivity index (χ0n) is 23.3. The standard InChI is InChI=1S/C27H34ClN7O5S/c1-18-5-4-6-20(28)25(18)33-26(37)21-16-29-27(41-21)32-22-15-23(31-19(2)30-22)35-9-7-34(8-10-35)11-12-40-24(36)17-39-14-13-38-3/h4-6,15-16H,7-14,17H2,1-3H3,(H,33,37)(H,29,30,31,32). The van der Waals surface area contributed by atoms with Crippen LogP contribution in [0.1, 0.15) is 21.1 Å². The number of esters is 1. The van der Waals surface area contributed by atoms with E-state index in [2.05, 4.69) is 35.4 Å². The van der Waals surface area contributed by atoms with Gasteiger partial charge in [-0.1, -0.05) is 35.1 Å². The Hall–Kier alpha value is -3.36. The molecule has 3 heterocycles. The number of aryl methyl sites for hydroxylation is 2. The summed E-state index contributed by atoms with van der Waals surface area (Å²) in [6, 6.07) is 7.33. The van der Waals surface area contributed by atoms with Gasteiger partial charge in [0.25, 0.3) is 5.91 Å². The number of piperazine rings is 1. The fraction of sp³-hybridized carbons (Fsp3) is 0.444. The van der Waals surface area contributed by atoms with E-state index in [0.29, 0.717) is 58.7 Å². The Kier molecular flexibility index (Phi) is 11.2. The molecule has 0 saturated carbocycles. The summed E-state index contributed by atoms with van der Waals surface area (Å²) in [5.74, 6) is 1.37. The third kappa shape index (κ3) is 9.07. The second-order valence-corrected chi connectivity index (χ2v) is 10.7. The number of thiazole rings is 1. The summed E-state index contributed by atoms with van der Waals surface area (Å²) in [4.78, 5) is 42.9. The van der Waals surface area contributed by atoms with Crippen molar-refractivity contribution in [3.8, 4) is 0 Å². The lowest BCUT2D eigenvalue weighted by Crippen LogP contribution is -2.47. The number of rotatable bonds is 13. The van der Waals surface area contributed by atoms with Crippen molar-refractivity contribution in [2.75, 3.05) is 81.8 Å². The summed E-state index contributed by atoms with van der Waals surface area (Å²) in [6.07, 6.45) is 1.52. The molecule has 1 aliphatic heterocycles. The molecule has 0 unspecified atom stereocenters. The van der Waals surface area contributed by atoms with E-state index in [0.717, 1.165) is 37.6 Å². The predicted molar refractivity (Wildman–Crippen MR) is 159 cm³/mol. The molecule has 1 fully saturated rings. The van der Waals surface area contributed by atoms with Gasteiger partial charge in [-0.15, -0.1) is 0 Å². The minimum atomic E-state index is -0.375. The van der Waals surface area contributed by atoms with E-state index in [4.69, 9.17) is 25.8 Å². The van der Waals surface area contributed by atoms with Crippen LogP contribution in [0.5, 0.6) is 0 Å². The lowest BCUT2D eigenvalue weighted by Gasteiger charge is -2.35. The van der Waals surface area contributed by atoms with E-state index < -0.39 is 0 Å². The van der Waals surface area contributed by atoms with E-state index in [-0.39, 0.29) is 18.5 Å². The second-order valence-electron chi connectivity index (χ2n) is 9.29. The number of hydrogen-bond acceptors (Lipinski definition) is 12. The fourth-order valence-corrected chi connectivity index (χ4v) is 5.11. The van der Waals surface area contributed by atoms with Crippen molar-refractivity contribution in [2.24, 2.45) is 0 Å². The minimum Gasteiger partial charge on any atom is -0.463 e. The molecule has 3 aromatic rings. The number of carbonyl (C=O) groups excluding carboxylic acids is 2. The molecule has 0 spiro atoms. The molecule has 12 nitrogen and oxygen atoms in total. The average molecular weight is 604 g/mol. The summed E-state index contributed by atoms with van der Waals surface area (Å²) in [6.45, 7) is 8.59. The number of carbonyl (C=O) groups is 2. The number of benzene rings is 1. The van der Waals surface area contributed by atoms with Crippen LogP contribution in [-0.2, 0) is 19.0 Å². The predicted octanol–water partition coefficient (Wildman–Crippen LogP) is 3.53. The van der Waals surface area contributed by atoms with Crippen molar-refractivity contribution in [3.63, 3.8) is 0 Å². The highest BCUT2D eigenvalue weighted by atomic mass is 35.5. The van der Waals surface area contributed by atoms with E-state index in [1.807, 2.05) is 32.0 Å². The lowest BCUT2D eigenvalue weighted by molar-refractivity contribution is -0.149. The van der Waals surface area contributed by atoms with Crippen LogP contribution in [0.3, 0.4) is 0 Å². The Labute approximate surface area is 248 Å². The highest BCUT2D eigenvalue weighted by Crippen LogP contribution is 2.28. The molecule has 1 aliphatic rings. The molecule has 0 radical (unpaired) electrons. The van der Waals surface area contributed by atoms with Crippen molar-refractivity contribution in [1.82, 2.24) is 19.9 Å². The molecular weight excluding hydrogens is 570 g/mol. The normalized spacial score (nSPS) is 13.7. The van der Waals surface area contributed by atoms with Gasteiger partial charge in [0, 0.05) is 45.9 Å². The number of para-hydroxylation sites is 1. The van der Waals surface area contributed by atoms with Gasteiger partial charge in [-0.2, -0.15) is 0 Å². The molecule has 220 valence electrons. The fourth-order valence-electron chi connectivity index (χ4n) is 4.12. The van der Waals surface area contributed by atoms with Crippen molar-refractivity contribution in [2.45, 2.75) is 13.8 Å². The van der Waals surface area contributed by atoms with Crippen LogP contribution in [0.4, 0.5) is 22.5 Å². The first-order valence-electron chi connectivity index (χ1n) is 13.2. The number of nitrogens with zero attached hydrogens (tertiary/aromatic N) is 5. The molecule has 1 saturated heterocycles. The van der Waals surface area contributed by atoms with Crippen LogP contribution >= 0.6 is 22.9 Å². The van der Waals surface area contributed by atoms with Gasteiger partial charge < -0.3 is 29.7 Å². The van der Waals surface area contributed by atoms with E-state index in [1.165, 1.54) is 17.5 Å². The molecule has 1 amide bonds. The summed E-state index contributed by atoms with van der Waals surface area (Å²) in [5.41, 5.74) is 1.46. The molecule has 41 heavy (non-hydrogen) atoms. The highest BCUT2D eigenvalue weighted by molar-refractivity contribution is 7.17. The third-order valence-corrected chi connectivity index (χ3v) is 7.49. The van der Waals surface area contributed by atoms with Gasteiger partial charge in [0.1, 0.15) is 35.6 Å². The SMILES string of the molecule is COCCOCC(=O)OCCN1CCN(c2cc(Nc3ncc(C(=O)Nc4c(C)cccc4Cl)s3)nc(C)n2)CC1. The maximum Gasteiger partial charge on any atom is 0.332 e. The molecular formula is C27H34ClN7O5S. The quantitative estimate of drug-likeness (QED) is 0.220. The van der Waals surface area contributed by atoms with E-state index >= 15 is 0 Å². The molecule has 0 atom stereocenters. The number of amides is 1. The maximum absolute atomic E-state index is 12.8. The first-order chi connectivity index (χ1) is 19.8. The van der Waals surface area contributed by atoms with Gasteiger partial charge in [0.2, 0.25) is 0 Å². The van der Waals surface area contributed by atoms with E-state index in [9.17, 15) is 9.59 Å². The van der Waals surface area contributed by atoms with Crippen LogP contribution in [0.25, 0.3) is 0 Å². The summed E-state index contributed by atoms with van der Waals surface area (Å²) < 4.78 is 15.3. The molecule has 4 rings (SSSR count). The lowest BCUT2D eigenvalue weighted by atomic mass is 10.2. The second kappa shape index (κ2) is 15.0. The first-order valence-corrected chi connectivity index (χ1v) is 14.4. The topological polar surface area (TPSA) is 131 Å². The van der Waals surface area contributed by atoms with Crippen LogP contribution < -0.4 is 15.5 Å². The van der Waals surface area contributed by atoms with Crippen LogP contribution in [0, 0.1) is 13.8 Å². The molecule has 2 N–H and O–H groups in total. The van der Waals surface area contributed by atoms with Crippen molar-refractivity contribution in [3.05, 3.63) is 51.7 Å². The Morgan fingerprint density at radius 3 is 2.66 bits per heavy atom. The summed E-state index contributed by atoms with van der Waals surface area (Å²) in [7, 11) is 1.58. The van der Waals surface area contributed by atoms with Crippen molar-refractivity contribution < 1.29 is 23.8 Å². The molecule has 2 aromatic heterocycles. The van der Waals surface area contributed by atoms with Crippen molar-refractivity contribution >= 4 is 57.3 Å². The molecule has 14 heteroatoms. The summed E-state index contributed by atoms with van der Waals surface area (Å²) >= 11 is 7.47. The molecule has 0 aliphatic carbocycles. The van der Waals surface area contributed by atoms with Crippen LogP contribution in [-0.4, -0.2) is 98.0 Å². The van der Waals surface area contributed by atoms with Gasteiger partial charge >= 0.3 is 5.97 Å². The van der Waals surface area contributed by atoms with Crippen molar-refractivity contribution in [1.29, 1.82) is 0 Å². The Morgan fingerprint density at radius 1 is 1.10 bits per heavy atom. The van der Waals surface area contributed by atoms with Crippen LogP contribution in [0.2, 0.25) is 5.02 Å². The monoisotopic (exact) mass is 603 g/mol. The van der Waals surface area contributed by atoms with Gasteiger partial charge in [0.15, 0.2) is 5.13 Å². The first kappa shape index (κ1) is 30.6.